The van der Waals surface area contributed by atoms with Gasteiger partial charge in [-0.1, -0.05) is 17.7 Å². The van der Waals surface area contributed by atoms with Crippen LogP contribution < -0.4 is 9.92 Å². The Bertz CT molecular complexity index is 520. The number of hydrogen-bond donors (Lipinski definition) is 1. The van der Waals surface area contributed by atoms with E-state index >= 15 is 0 Å². The number of aryl methyl sites for hydroxylation is 1. The van der Waals surface area contributed by atoms with Crippen LogP contribution in [0.5, 0.6) is 5.75 Å². The molecule has 2 aromatic rings. The number of benzene rings is 2. The second kappa shape index (κ2) is 5.01. The van der Waals surface area contributed by atoms with E-state index in [0.29, 0.717) is 16.3 Å². The zero-order chi connectivity index (χ0) is 12.3. The summed E-state index contributed by atoms with van der Waals surface area (Å²) in [6, 6.07) is 14.2. The summed E-state index contributed by atoms with van der Waals surface area (Å²) in [5, 5.41) is 0. The Kier molecular flexibility index (Phi) is 3.44. The predicted octanol–water partition coefficient (Wildman–Crippen LogP) is 2.68. The second-order valence-electron chi connectivity index (χ2n) is 3.70. The normalized spacial score (nSPS) is 12.1. The molecule has 0 saturated heterocycles. The molecule has 0 aliphatic carbocycles. The summed E-state index contributed by atoms with van der Waals surface area (Å²) in [6.45, 7) is 1.99. The highest BCUT2D eigenvalue weighted by Gasteiger charge is 2.05. The van der Waals surface area contributed by atoms with Crippen molar-refractivity contribution in [1.29, 1.82) is 0 Å². The van der Waals surface area contributed by atoms with Crippen molar-refractivity contribution in [2.45, 2.75) is 11.8 Å². The highest BCUT2D eigenvalue weighted by Crippen LogP contribution is 2.17. The molecule has 0 aromatic heterocycles. The van der Waals surface area contributed by atoms with Gasteiger partial charge < -0.3 is 9.92 Å². The lowest BCUT2D eigenvalue weighted by Crippen LogP contribution is -2.01. The van der Waals surface area contributed by atoms with Crippen molar-refractivity contribution in [3.63, 3.8) is 0 Å². The smallest absolute Gasteiger partial charge is 0.240 e. The second-order valence-corrected chi connectivity index (χ2v) is 4.81. The molecule has 0 spiro atoms. The molecular formula is C13H13NO2S. The largest absolute Gasteiger partial charge is 0.399 e. The number of hydrogen-bond acceptors (Lipinski definition) is 3. The molecule has 0 amide bonds. The van der Waals surface area contributed by atoms with Crippen LogP contribution in [-0.2, 0) is 11.1 Å². The Morgan fingerprint density at radius 1 is 1.00 bits per heavy atom. The minimum Gasteiger partial charge on any atom is -0.399 e. The lowest BCUT2D eigenvalue weighted by Gasteiger charge is -2.05. The van der Waals surface area contributed by atoms with Crippen LogP contribution in [0.1, 0.15) is 5.56 Å². The van der Waals surface area contributed by atoms with Gasteiger partial charge in [0, 0.05) is 5.69 Å². The molecule has 4 heteroatoms. The van der Waals surface area contributed by atoms with Crippen LogP contribution >= 0.6 is 0 Å². The van der Waals surface area contributed by atoms with Gasteiger partial charge in [-0.15, -0.1) is 0 Å². The lowest BCUT2D eigenvalue weighted by atomic mass is 10.2. The van der Waals surface area contributed by atoms with Gasteiger partial charge in [0.2, 0.25) is 11.1 Å². The maximum absolute atomic E-state index is 11.9. The molecule has 0 aliphatic heterocycles. The number of anilines is 1. The van der Waals surface area contributed by atoms with E-state index in [4.69, 9.17) is 9.92 Å². The first-order valence-electron chi connectivity index (χ1n) is 5.17. The summed E-state index contributed by atoms with van der Waals surface area (Å²) in [5.41, 5.74) is 7.33. The fourth-order valence-electron chi connectivity index (χ4n) is 1.31. The highest BCUT2D eigenvalue weighted by molar-refractivity contribution is 7.80. The first kappa shape index (κ1) is 11.7. The average Bonchev–Trinajstić information content (AvgIpc) is 2.33. The lowest BCUT2D eigenvalue weighted by molar-refractivity contribution is 0.562. The minimum absolute atomic E-state index is 0.589. The maximum atomic E-state index is 11.9. The molecule has 0 fully saturated rings. The topological polar surface area (TPSA) is 52.3 Å². The van der Waals surface area contributed by atoms with Gasteiger partial charge in [0.15, 0.2) is 0 Å². The van der Waals surface area contributed by atoms with E-state index in [1.165, 1.54) is 0 Å². The van der Waals surface area contributed by atoms with Crippen molar-refractivity contribution in [2.75, 3.05) is 5.73 Å². The third-order valence-electron chi connectivity index (χ3n) is 2.27. The predicted molar refractivity (Wildman–Crippen MR) is 69.1 cm³/mol. The maximum Gasteiger partial charge on any atom is 0.240 e. The van der Waals surface area contributed by atoms with Gasteiger partial charge in [0.25, 0.3) is 0 Å². The Morgan fingerprint density at radius 2 is 1.59 bits per heavy atom. The summed E-state index contributed by atoms with van der Waals surface area (Å²) >= 11 is -1.50. The van der Waals surface area contributed by atoms with Gasteiger partial charge in [-0.25, -0.2) is 4.21 Å². The first-order valence-corrected chi connectivity index (χ1v) is 6.25. The van der Waals surface area contributed by atoms with E-state index in [1.54, 1.807) is 36.4 Å². The van der Waals surface area contributed by atoms with Crippen molar-refractivity contribution in [3.05, 3.63) is 54.1 Å². The standard InChI is InChI=1S/C13H13NO2S/c1-10-2-6-12(7-3-10)16-17(15)13-8-4-11(14)5-9-13/h2-9H,14H2,1H3. The Labute approximate surface area is 103 Å². The molecule has 0 heterocycles. The first-order chi connectivity index (χ1) is 8.15. The van der Waals surface area contributed by atoms with Crippen molar-refractivity contribution in [2.24, 2.45) is 0 Å². The fraction of sp³-hybridized carbons (Fsp3) is 0.0769. The van der Waals surface area contributed by atoms with Crippen LogP contribution in [0.2, 0.25) is 0 Å². The van der Waals surface area contributed by atoms with E-state index < -0.39 is 11.1 Å². The van der Waals surface area contributed by atoms with E-state index in [0.717, 1.165) is 5.56 Å². The van der Waals surface area contributed by atoms with E-state index in [2.05, 4.69) is 0 Å². The molecule has 0 aliphatic rings. The molecule has 1 unspecified atom stereocenters. The van der Waals surface area contributed by atoms with Crippen LogP contribution in [0.15, 0.2) is 53.4 Å². The average molecular weight is 247 g/mol. The molecule has 0 radical (unpaired) electrons. The van der Waals surface area contributed by atoms with Crippen LogP contribution in [0.25, 0.3) is 0 Å². The zero-order valence-electron chi connectivity index (χ0n) is 9.42. The van der Waals surface area contributed by atoms with Crippen LogP contribution in [0.3, 0.4) is 0 Å². The van der Waals surface area contributed by atoms with E-state index in [-0.39, 0.29) is 0 Å². The van der Waals surface area contributed by atoms with E-state index in [1.807, 2.05) is 19.1 Å². The SMILES string of the molecule is Cc1ccc(OS(=O)c2ccc(N)cc2)cc1. The Morgan fingerprint density at radius 3 is 2.18 bits per heavy atom. The molecule has 0 saturated carbocycles. The molecule has 2 rings (SSSR count). The van der Waals surface area contributed by atoms with Gasteiger partial charge >= 0.3 is 0 Å². The molecule has 1 atom stereocenters. The Hall–Kier alpha value is -1.81. The zero-order valence-corrected chi connectivity index (χ0v) is 10.2. The minimum atomic E-state index is -1.50. The number of nitrogen functional groups attached to an aromatic ring is 1. The molecular weight excluding hydrogens is 234 g/mol. The third kappa shape index (κ3) is 3.07. The summed E-state index contributed by atoms with van der Waals surface area (Å²) in [7, 11) is 0. The molecule has 3 nitrogen and oxygen atoms in total. The number of nitrogens with two attached hydrogens (primary N) is 1. The van der Waals surface area contributed by atoms with Crippen LogP contribution in [0, 0.1) is 6.92 Å². The Balaban J connectivity index is 2.11. The monoisotopic (exact) mass is 247 g/mol. The summed E-state index contributed by atoms with van der Waals surface area (Å²) in [6.07, 6.45) is 0. The molecule has 2 aromatic carbocycles. The quantitative estimate of drug-likeness (QED) is 0.848. The van der Waals surface area contributed by atoms with Gasteiger partial charge in [-0.05, 0) is 43.3 Å². The van der Waals surface area contributed by atoms with Crippen LogP contribution in [-0.4, -0.2) is 4.21 Å². The van der Waals surface area contributed by atoms with Crippen molar-refractivity contribution in [1.82, 2.24) is 0 Å². The molecule has 2 N–H and O–H groups in total. The van der Waals surface area contributed by atoms with E-state index in [9.17, 15) is 4.21 Å². The number of rotatable bonds is 3. The van der Waals surface area contributed by atoms with Crippen LogP contribution in [0.4, 0.5) is 5.69 Å². The van der Waals surface area contributed by atoms with Gasteiger partial charge in [-0.2, -0.15) is 0 Å². The van der Waals surface area contributed by atoms with Crippen molar-refractivity contribution >= 4 is 16.8 Å². The molecule has 88 valence electrons. The molecule has 0 bridgehead atoms. The highest BCUT2D eigenvalue weighted by atomic mass is 32.2. The summed E-state index contributed by atoms with van der Waals surface area (Å²) < 4.78 is 17.2. The molecule has 17 heavy (non-hydrogen) atoms. The summed E-state index contributed by atoms with van der Waals surface area (Å²) in [4.78, 5) is 0.597. The van der Waals surface area contributed by atoms with Gasteiger partial charge in [0.05, 0.1) is 4.90 Å². The van der Waals surface area contributed by atoms with Gasteiger partial charge in [-0.3, -0.25) is 0 Å². The third-order valence-corrected chi connectivity index (χ3v) is 3.27. The fourth-order valence-corrected chi connectivity index (χ4v) is 2.05. The van der Waals surface area contributed by atoms with Crippen molar-refractivity contribution < 1.29 is 8.39 Å². The van der Waals surface area contributed by atoms with Crippen molar-refractivity contribution in [3.8, 4) is 5.75 Å². The van der Waals surface area contributed by atoms with Gasteiger partial charge in [0.1, 0.15) is 5.75 Å². The summed E-state index contributed by atoms with van der Waals surface area (Å²) in [5.74, 6) is 0.589.